The van der Waals surface area contributed by atoms with E-state index in [2.05, 4.69) is 9.97 Å². The van der Waals surface area contributed by atoms with Crippen LogP contribution in [0.5, 0.6) is 0 Å². The number of nitrogens with two attached hydrogens (primary N) is 1. The molecule has 2 aromatic rings. The SMILES string of the molecule is CCc1nc(Cc2cccc(C(F)F)c2)ncc1CCN. The molecule has 0 unspecified atom stereocenters. The van der Waals surface area contributed by atoms with Gasteiger partial charge in [0.1, 0.15) is 5.82 Å². The first-order valence-corrected chi connectivity index (χ1v) is 7.04. The molecule has 5 heteroatoms. The largest absolute Gasteiger partial charge is 0.330 e. The van der Waals surface area contributed by atoms with Crippen molar-refractivity contribution in [2.75, 3.05) is 6.54 Å². The Morgan fingerprint density at radius 1 is 1.29 bits per heavy atom. The molecule has 2 N–H and O–H groups in total. The number of hydrogen-bond acceptors (Lipinski definition) is 3. The third-order valence-corrected chi connectivity index (χ3v) is 3.32. The number of aromatic nitrogens is 2. The number of alkyl halides is 2. The van der Waals surface area contributed by atoms with Crippen LogP contribution in [0.2, 0.25) is 0 Å². The van der Waals surface area contributed by atoms with Gasteiger partial charge < -0.3 is 5.73 Å². The van der Waals surface area contributed by atoms with Gasteiger partial charge in [0.25, 0.3) is 6.43 Å². The third kappa shape index (κ3) is 4.04. The molecular formula is C16H19F2N3. The lowest BCUT2D eigenvalue weighted by atomic mass is 10.1. The normalized spacial score (nSPS) is 11.1. The molecule has 0 spiro atoms. The smallest absolute Gasteiger partial charge is 0.263 e. The molecule has 112 valence electrons. The Hall–Kier alpha value is -1.88. The molecule has 0 fully saturated rings. The van der Waals surface area contributed by atoms with E-state index in [1.165, 1.54) is 12.1 Å². The fraction of sp³-hybridized carbons (Fsp3) is 0.375. The predicted octanol–water partition coefficient (Wildman–Crippen LogP) is 3.07. The van der Waals surface area contributed by atoms with E-state index in [1.807, 2.05) is 13.0 Å². The van der Waals surface area contributed by atoms with Crippen LogP contribution in [0.4, 0.5) is 8.78 Å². The van der Waals surface area contributed by atoms with Crippen LogP contribution >= 0.6 is 0 Å². The Bertz CT molecular complexity index is 600. The van der Waals surface area contributed by atoms with Gasteiger partial charge in [-0.2, -0.15) is 0 Å². The van der Waals surface area contributed by atoms with Crippen molar-refractivity contribution in [2.45, 2.75) is 32.6 Å². The summed E-state index contributed by atoms with van der Waals surface area (Å²) in [4.78, 5) is 8.85. The van der Waals surface area contributed by atoms with E-state index in [4.69, 9.17) is 5.73 Å². The Morgan fingerprint density at radius 3 is 2.76 bits per heavy atom. The Balaban J connectivity index is 2.21. The maximum Gasteiger partial charge on any atom is 0.263 e. The van der Waals surface area contributed by atoms with Crippen molar-refractivity contribution in [2.24, 2.45) is 5.73 Å². The van der Waals surface area contributed by atoms with Crippen LogP contribution in [0.25, 0.3) is 0 Å². The second-order valence-electron chi connectivity index (χ2n) is 4.87. The zero-order valence-corrected chi connectivity index (χ0v) is 12.0. The van der Waals surface area contributed by atoms with Crippen LogP contribution in [0, 0.1) is 0 Å². The average molecular weight is 291 g/mol. The molecule has 2 rings (SSSR count). The van der Waals surface area contributed by atoms with E-state index in [1.54, 1.807) is 12.3 Å². The van der Waals surface area contributed by atoms with Crippen LogP contribution in [-0.2, 0) is 19.3 Å². The van der Waals surface area contributed by atoms with Gasteiger partial charge in [-0.1, -0.05) is 25.1 Å². The van der Waals surface area contributed by atoms with E-state index in [0.29, 0.717) is 18.8 Å². The number of hydrogen-bond donors (Lipinski definition) is 1. The lowest BCUT2D eigenvalue weighted by Gasteiger charge is -2.09. The topological polar surface area (TPSA) is 51.8 Å². The highest BCUT2D eigenvalue weighted by Gasteiger charge is 2.09. The second-order valence-corrected chi connectivity index (χ2v) is 4.87. The summed E-state index contributed by atoms with van der Waals surface area (Å²) < 4.78 is 25.4. The number of rotatable bonds is 6. The average Bonchev–Trinajstić information content (AvgIpc) is 2.49. The predicted molar refractivity (Wildman–Crippen MR) is 78.4 cm³/mol. The van der Waals surface area contributed by atoms with E-state index in [-0.39, 0.29) is 5.56 Å². The lowest BCUT2D eigenvalue weighted by Crippen LogP contribution is -2.09. The first kappa shape index (κ1) is 15.5. The van der Waals surface area contributed by atoms with Crippen molar-refractivity contribution in [1.29, 1.82) is 0 Å². The fourth-order valence-corrected chi connectivity index (χ4v) is 2.26. The van der Waals surface area contributed by atoms with Gasteiger partial charge in [0.15, 0.2) is 0 Å². The number of benzene rings is 1. The summed E-state index contributed by atoms with van der Waals surface area (Å²) in [6, 6.07) is 6.39. The molecule has 3 nitrogen and oxygen atoms in total. The maximum absolute atomic E-state index is 12.7. The minimum absolute atomic E-state index is 0.0305. The zero-order chi connectivity index (χ0) is 15.2. The third-order valence-electron chi connectivity index (χ3n) is 3.32. The van der Waals surface area contributed by atoms with Gasteiger partial charge in [-0.15, -0.1) is 0 Å². The van der Waals surface area contributed by atoms with Crippen LogP contribution in [0.15, 0.2) is 30.5 Å². The van der Waals surface area contributed by atoms with E-state index >= 15 is 0 Å². The quantitative estimate of drug-likeness (QED) is 0.890. The Morgan fingerprint density at radius 2 is 2.10 bits per heavy atom. The first-order valence-electron chi connectivity index (χ1n) is 7.04. The summed E-state index contributed by atoms with van der Waals surface area (Å²) in [6.45, 7) is 2.59. The summed E-state index contributed by atoms with van der Waals surface area (Å²) >= 11 is 0. The standard InChI is InChI=1S/C16H19F2N3/c1-2-14-13(6-7-19)10-20-15(21-14)9-11-4-3-5-12(8-11)16(17)18/h3-5,8,10,16H,2,6-7,9,19H2,1H3. The first-order chi connectivity index (χ1) is 10.1. The fourth-order valence-electron chi connectivity index (χ4n) is 2.26. The van der Waals surface area contributed by atoms with Gasteiger partial charge in [-0.05, 0) is 36.6 Å². The number of nitrogens with zero attached hydrogens (tertiary/aromatic N) is 2. The Kier molecular flexibility index (Phi) is 5.33. The highest BCUT2D eigenvalue weighted by atomic mass is 19.3. The van der Waals surface area contributed by atoms with Gasteiger partial charge in [0.05, 0.1) is 0 Å². The highest BCUT2D eigenvalue weighted by Crippen LogP contribution is 2.20. The molecule has 1 aromatic heterocycles. The molecule has 0 saturated heterocycles. The van der Waals surface area contributed by atoms with Gasteiger partial charge in [0, 0.05) is 23.9 Å². The molecule has 0 atom stereocenters. The second kappa shape index (κ2) is 7.22. The van der Waals surface area contributed by atoms with E-state index in [0.717, 1.165) is 29.7 Å². The zero-order valence-electron chi connectivity index (χ0n) is 12.0. The molecule has 0 aliphatic heterocycles. The minimum Gasteiger partial charge on any atom is -0.330 e. The molecular weight excluding hydrogens is 272 g/mol. The lowest BCUT2D eigenvalue weighted by molar-refractivity contribution is 0.151. The van der Waals surface area contributed by atoms with Crippen LogP contribution in [0.3, 0.4) is 0 Å². The van der Waals surface area contributed by atoms with Crippen molar-refractivity contribution in [3.63, 3.8) is 0 Å². The molecule has 0 saturated carbocycles. The summed E-state index contributed by atoms with van der Waals surface area (Å²) in [5, 5.41) is 0. The molecule has 0 aliphatic rings. The molecule has 0 amide bonds. The van der Waals surface area contributed by atoms with Gasteiger partial charge in [-0.25, -0.2) is 18.7 Å². The van der Waals surface area contributed by atoms with Crippen molar-refractivity contribution in [3.8, 4) is 0 Å². The molecule has 0 radical (unpaired) electrons. The van der Waals surface area contributed by atoms with Gasteiger partial charge >= 0.3 is 0 Å². The molecule has 1 aromatic carbocycles. The van der Waals surface area contributed by atoms with Crippen LogP contribution in [0.1, 0.15) is 41.6 Å². The molecule has 0 aliphatic carbocycles. The van der Waals surface area contributed by atoms with Crippen molar-refractivity contribution >= 4 is 0 Å². The molecule has 0 bridgehead atoms. The summed E-state index contributed by atoms with van der Waals surface area (Å²) in [6.07, 6.45) is 1.36. The van der Waals surface area contributed by atoms with Crippen LogP contribution < -0.4 is 5.73 Å². The van der Waals surface area contributed by atoms with Crippen molar-refractivity contribution in [1.82, 2.24) is 9.97 Å². The Labute approximate surface area is 123 Å². The summed E-state index contributed by atoms with van der Waals surface area (Å²) in [5.41, 5.74) is 8.43. The minimum atomic E-state index is -2.45. The van der Waals surface area contributed by atoms with Crippen molar-refractivity contribution in [3.05, 3.63) is 58.7 Å². The van der Waals surface area contributed by atoms with E-state index < -0.39 is 6.43 Å². The van der Waals surface area contributed by atoms with E-state index in [9.17, 15) is 8.78 Å². The monoisotopic (exact) mass is 291 g/mol. The van der Waals surface area contributed by atoms with Crippen LogP contribution in [-0.4, -0.2) is 16.5 Å². The molecule has 1 heterocycles. The summed E-state index contributed by atoms with van der Waals surface area (Å²) in [5.74, 6) is 0.652. The van der Waals surface area contributed by atoms with Gasteiger partial charge in [-0.3, -0.25) is 0 Å². The highest BCUT2D eigenvalue weighted by molar-refractivity contribution is 5.27. The van der Waals surface area contributed by atoms with Gasteiger partial charge in [0.2, 0.25) is 0 Å². The molecule has 21 heavy (non-hydrogen) atoms. The van der Waals surface area contributed by atoms with Crippen molar-refractivity contribution < 1.29 is 8.78 Å². The number of halogens is 2. The number of aryl methyl sites for hydroxylation is 1. The summed E-state index contributed by atoms with van der Waals surface area (Å²) in [7, 11) is 0. The maximum atomic E-state index is 12.7.